The summed E-state index contributed by atoms with van der Waals surface area (Å²) in [4.78, 5) is 4.83. The van der Waals surface area contributed by atoms with E-state index in [4.69, 9.17) is 4.42 Å². The molecule has 12 aromatic rings. The normalized spacial score (nSPS) is 13.6. The van der Waals surface area contributed by atoms with E-state index < -0.39 is 5.41 Å². The van der Waals surface area contributed by atoms with Crippen LogP contribution in [0.1, 0.15) is 47.2 Å². The number of rotatable bonds is 9. The van der Waals surface area contributed by atoms with Crippen LogP contribution in [0.25, 0.3) is 55.3 Å². The van der Waals surface area contributed by atoms with Crippen molar-refractivity contribution in [3.8, 4) is 33.4 Å². The fourth-order valence-corrected chi connectivity index (χ4v) is 12.4. The smallest absolute Gasteiger partial charge is 0.137 e. The van der Waals surface area contributed by atoms with E-state index >= 15 is 0 Å². The lowest BCUT2D eigenvalue weighted by Gasteiger charge is -2.35. The molecule has 11 aromatic carbocycles. The van der Waals surface area contributed by atoms with Crippen molar-refractivity contribution in [2.24, 2.45) is 0 Å². The zero-order valence-corrected chi connectivity index (χ0v) is 40.7. The van der Waals surface area contributed by atoms with Crippen LogP contribution in [-0.2, 0) is 10.8 Å². The summed E-state index contributed by atoms with van der Waals surface area (Å²) >= 11 is 0. The molecule has 346 valence electrons. The Balaban J connectivity index is 0.981. The van der Waals surface area contributed by atoms with Crippen LogP contribution in [0.2, 0.25) is 0 Å². The maximum Gasteiger partial charge on any atom is 0.137 e. The predicted octanol–water partition coefficient (Wildman–Crippen LogP) is 18.9. The van der Waals surface area contributed by atoms with Crippen molar-refractivity contribution in [1.29, 1.82) is 0 Å². The molecule has 0 aliphatic heterocycles. The highest BCUT2D eigenvalue weighted by molar-refractivity contribution is 6.06. The molecule has 0 spiro atoms. The van der Waals surface area contributed by atoms with Gasteiger partial charge < -0.3 is 14.2 Å². The van der Waals surface area contributed by atoms with Gasteiger partial charge >= 0.3 is 0 Å². The van der Waals surface area contributed by atoms with Gasteiger partial charge in [-0.1, -0.05) is 202 Å². The van der Waals surface area contributed by atoms with Gasteiger partial charge in [-0.05, 0) is 140 Å². The van der Waals surface area contributed by atoms with E-state index in [1.54, 1.807) is 0 Å². The Bertz CT molecular complexity index is 4030. The molecule has 2 aliphatic rings. The second-order valence-electron chi connectivity index (χ2n) is 20.0. The van der Waals surface area contributed by atoms with Gasteiger partial charge in [0.05, 0.1) is 5.41 Å². The van der Waals surface area contributed by atoms with Crippen LogP contribution in [-0.4, -0.2) is 0 Å². The third kappa shape index (κ3) is 6.66. The molecule has 1 heterocycles. The molecule has 2 aliphatic carbocycles. The quantitative estimate of drug-likeness (QED) is 0.144. The molecule has 0 saturated heterocycles. The zero-order valence-electron chi connectivity index (χ0n) is 40.7. The summed E-state index contributed by atoms with van der Waals surface area (Å²) in [5, 5.41) is 2.21. The highest BCUT2D eigenvalue weighted by Gasteiger charge is 2.46. The average molecular weight is 935 g/mol. The largest absolute Gasteiger partial charge is 0.456 e. The number of nitrogens with zero attached hydrogens (tertiary/aromatic N) is 2. The van der Waals surface area contributed by atoms with Crippen molar-refractivity contribution in [2.45, 2.75) is 24.7 Å². The fourth-order valence-electron chi connectivity index (χ4n) is 12.4. The Hall–Kier alpha value is -9.18. The number of para-hydroxylation sites is 1. The van der Waals surface area contributed by atoms with Gasteiger partial charge in [0.1, 0.15) is 11.2 Å². The highest BCUT2D eigenvalue weighted by atomic mass is 16.3. The topological polar surface area (TPSA) is 19.6 Å². The first-order valence-corrected chi connectivity index (χ1v) is 25.3. The van der Waals surface area contributed by atoms with Crippen LogP contribution in [0.5, 0.6) is 0 Å². The highest BCUT2D eigenvalue weighted by Crippen LogP contribution is 2.57. The van der Waals surface area contributed by atoms with Gasteiger partial charge in [-0.25, -0.2) is 0 Å². The van der Waals surface area contributed by atoms with Crippen LogP contribution in [0.15, 0.2) is 271 Å². The summed E-state index contributed by atoms with van der Waals surface area (Å²) in [6.07, 6.45) is 0. The van der Waals surface area contributed by atoms with Crippen molar-refractivity contribution < 1.29 is 4.42 Å². The molecule has 0 saturated carbocycles. The monoisotopic (exact) mass is 934 g/mol. The number of anilines is 6. The molecule has 14 rings (SSSR count). The molecule has 3 heteroatoms. The van der Waals surface area contributed by atoms with Crippen LogP contribution in [0.3, 0.4) is 0 Å². The minimum absolute atomic E-state index is 0.191. The Morgan fingerprint density at radius 3 is 1.47 bits per heavy atom. The van der Waals surface area contributed by atoms with Gasteiger partial charge in [-0.3, -0.25) is 0 Å². The molecule has 0 radical (unpaired) electrons. The number of fused-ring (bicyclic) bond motifs is 9. The van der Waals surface area contributed by atoms with E-state index in [0.29, 0.717) is 0 Å². The van der Waals surface area contributed by atoms with Crippen molar-refractivity contribution in [3.63, 3.8) is 0 Å². The lowest BCUT2D eigenvalue weighted by Crippen LogP contribution is -2.28. The number of benzene rings is 11. The molecule has 0 unspecified atom stereocenters. The Labute approximate surface area is 426 Å². The van der Waals surface area contributed by atoms with E-state index in [1.807, 2.05) is 12.1 Å². The average Bonchev–Trinajstić information content (AvgIpc) is 4.06. The molecular formula is C70H50N2O. The van der Waals surface area contributed by atoms with Gasteiger partial charge in [0.2, 0.25) is 0 Å². The van der Waals surface area contributed by atoms with Gasteiger partial charge in [0.25, 0.3) is 0 Å². The Morgan fingerprint density at radius 2 is 0.753 bits per heavy atom. The second kappa shape index (κ2) is 16.7. The maximum absolute atomic E-state index is 6.55. The zero-order chi connectivity index (χ0) is 48.7. The SMILES string of the molecule is CC1(C)c2ccccc2-c2ccc(N(c3cccc(N(c4ccc(-c5ccccc5)cc4)c4ccc5c(c4)oc4ccccc45)c3)c3cccc(C4(c5ccccc5)c5ccccc5-c5ccccc54)c3)cc21. The van der Waals surface area contributed by atoms with E-state index in [0.717, 1.165) is 56.1 Å². The standard InChI is InChI=1S/C70H50N2O/c1-69(2)63-31-13-9-27-57(63)60-41-39-55(45-66(60)69)72(52-24-17-23-50(43-52)70(49-21-7-4-8-22-49)64-32-14-10-28-58(64)59-29-11-15-33-65(59)70)54-26-18-25-53(44-54)71(51-37-35-48(36-38-51)47-19-5-3-6-20-47)56-40-42-62-61-30-12-16-34-67(61)73-68(62)46-56/h3-46H,1-2H3. The minimum atomic E-state index is -0.558. The lowest BCUT2D eigenvalue weighted by molar-refractivity contribution is 0.660. The molecule has 0 fully saturated rings. The second-order valence-corrected chi connectivity index (χ2v) is 20.0. The molecular weight excluding hydrogens is 885 g/mol. The maximum atomic E-state index is 6.55. The predicted molar refractivity (Wildman–Crippen MR) is 303 cm³/mol. The van der Waals surface area contributed by atoms with E-state index in [2.05, 4.69) is 278 Å². The van der Waals surface area contributed by atoms with Crippen LogP contribution >= 0.6 is 0 Å². The van der Waals surface area contributed by atoms with Crippen molar-refractivity contribution in [3.05, 3.63) is 300 Å². The molecule has 1 aromatic heterocycles. The summed E-state index contributed by atoms with van der Waals surface area (Å²) in [6, 6.07) is 97.9. The van der Waals surface area contributed by atoms with E-state index in [9.17, 15) is 0 Å². The fraction of sp³-hybridized carbons (Fsp3) is 0.0571. The van der Waals surface area contributed by atoms with Crippen LogP contribution < -0.4 is 9.80 Å². The minimum Gasteiger partial charge on any atom is -0.456 e. The molecule has 3 nitrogen and oxygen atoms in total. The summed E-state index contributed by atoms with van der Waals surface area (Å²) in [5.74, 6) is 0. The van der Waals surface area contributed by atoms with Gasteiger partial charge in [0.15, 0.2) is 0 Å². The molecule has 0 amide bonds. The van der Waals surface area contributed by atoms with Gasteiger partial charge in [0, 0.05) is 56.4 Å². The first-order valence-electron chi connectivity index (χ1n) is 25.3. The van der Waals surface area contributed by atoms with Crippen molar-refractivity contribution in [2.75, 3.05) is 9.80 Å². The third-order valence-electron chi connectivity index (χ3n) is 15.7. The summed E-state index contributed by atoms with van der Waals surface area (Å²) in [5.41, 5.74) is 22.5. The lowest BCUT2D eigenvalue weighted by atomic mass is 9.67. The van der Waals surface area contributed by atoms with Crippen LogP contribution in [0, 0.1) is 0 Å². The van der Waals surface area contributed by atoms with Crippen LogP contribution in [0.4, 0.5) is 34.1 Å². The van der Waals surface area contributed by atoms with Gasteiger partial charge in [-0.15, -0.1) is 0 Å². The Morgan fingerprint density at radius 1 is 0.288 bits per heavy atom. The molecule has 73 heavy (non-hydrogen) atoms. The van der Waals surface area contributed by atoms with E-state index in [-0.39, 0.29) is 5.41 Å². The number of hydrogen-bond donors (Lipinski definition) is 0. The Kier molecular flexibility index (Phi) is 9.78. The first-order chi connectivity index (χ1) is 35.9. The molecule has 0 N–H and O–H groups in total. The summed E-state index contributed by atoms with van der Waals surface area (Å²) in [6.45, 7) is 4.73. The first kappa shape index (κ1) is 42.7. The summed E-state index contributed by atoms with van der Waals surface area (Å²) in [7, 11) is 0. The van der Waals surface area contributed by atoms with Gasteiger partial charge in [-0.2, -0.15) is 0 Å². The van der Waals surface area contributed by atoms with Crippen molar-refractivity contribution in [1.82, 2.24) is 0 Å². The molecule has 0 bridgehead atoms. The molecule has 0 atom stereocenters. The van der Waals surface area contributed by atoms with Crippen molar-refractivity contribution >= 4 is 56.1 Å². The van der Waals surface area contributed by atoms with E-state index in [1.165, 1.54) is 66.8 Å². The number of hydrogen-bond acceptors (Lipinski definition) is 3. The third-order valence-corrected chi connectivity index (χ3v) is 15.7. The number of furan rings is 1. The summed E-state index contributed by atoms with van der Waals surface area (Å²) < 4.78 is 6.55.